The Labute approximate surface area is 585 Å². The average molecular weight is 1300 g/mol. The molecule has 0 aliphatic carbocycles. The minimum atomic E-state index is 0.918. The first kappa shape index (κ1) is 57.4. The van der Waals surface area contributed by atoms with Gasteiger partial charge in [0.1, 0.15) is 22.3 Å². The lowest BCUT2D eigenvalue weighted by molar-refractivity contribution is 0.669. The molecule has 6 nitrogen and oxygen atoms in total. The van der Waals surface area contributed by atoms with E-state index in [9.17, 15) is 0 Å². The van der Waals surface area contributed by atoms with E-state index in [4.69, 9.17) is 8.83 Å². The van der Waals surface area contributed by atoms with Gasteiger partial charge in [-0.15, -0.1) is 0 Å². The fraction of sp³-hybridized carbons (Fsp3) is 0. The van der Waals surface area contributed by atoms with Crippen molar-refractivity contribution in [2.24, 2.45) is 0 Å². The SMILES string of the molecule is c1ccc(N(c2ccc3c(ccc4c3c3ccccc3c3oc5ccccc5c43)c2)c2cccc3c4ccccc4n(-c4ccccc4)c23)cc1.c1ccc(N(c2ccc3c(ccc4ccc5c(ccc6oc7ccccc7c65)c43)c2)c2cccc3c4ccccc4n(-c4ccccc4)c23)cc1. The molecule has 0 saturated carbocycles. The van der Waals surface area contributed by atoms with E-state index in [1.54, 1.807) is 0 Å². The Balaban J connectivity index is 0.000000133. The predicted molar refractivity (Wildman–Crippen MR) is 431 cm³/mol. The summed E-state index contributed by atoms with van der Waals surface area (Å²) < 4.78 is 17.6. The van der Waals surface area contributed by atoms with Crippen LogP contribution in [0.5, 0.6) is 0 Å². The third-order valence-corrected chi connectivity index (χ3v) is 21.0. The highest BCUT2D eigenvalue weighted by Gasteiger charge is 2.26. The van der Waals surface area contributed by atoms with Crippen LogP contribution >= 0.6 is 0 Å². The Morgan fingerprint density at radius 2 is 0.598 bits per heavy atom. The summed E-state index contributed by atoms with van der Waals surface area (Å²) in [6, 6.07) is 131. The summed E-state index contributed by atoms with van der Waals surface area (Å²) in [5, 5.41) is 24.2. The van der Waals surface area contributed by atoms with E-state index in [0.29, 0.717) is 0 Å². The number of anilines is 6. The maximum absolute atomic E-state index is 6.52. The molecule has 476 valence electrons. The lowest BCUT2D eigenvalue weighted by Gasteiger charge is -2.27. The van der Waals surface area contributed by atoms with E-state index in [1.165, 1.54) is 114 Å². The Kier molecular flexibility index (Phi) is 12.9. The van der Waals surface area contributed by atoms with E-state index in [0.717, 1.165) is 84.0 Å². The molecule has 0 aliphatic rings. The molecule has 102 heavy (non-hydrogen) atoms. The zero-order chi connectivity index (χ0) is 66.9. The summed E-state index contributed by atoms with van der Waals surface area (Å²) in [6.07, 6.45) is 0. The van der Waals surface area contributed by atoms with Gasteiger partial charge in [-0.3, -0.25) is 0 Å². The molecule has 0 N–H and O–H groups in total. The van der Waals surface area contributed by atoms with Gasteiger partial charge in [0.25, 0.3) is 0 Å². The minimum absolute atomic E-state index is 0.918. The van der Waals surface area contributed by atoms with Crippen LogP contribution in [0.25, 0.3) is 163 Å². The minimum Gasteiger partial charge on any atom is -0.456 e. The van der Waals surface area contributed by atoms with Crippen LogP contribution < -0.4 is 9.80 Å². The predicted octanol–water partition coefficient (Wildman–Crippen LogP) is 27.2. The molecule has 0 aliphatic heterocycles. The van der Waals surface area contributed by atoms with Crippen molar-refractivity contribution in [1.82, 2.24) is 9.13 Å². The first-order chi connectivity index (χ1) is 50.6. The molecule has 0 spiro atoms. The quantitative estimate of drug-likeness (QED) is 0.142. The van der Waals surface area contributed by atoms with Gasteiger partial charge in [0.15, 0.2) is 0 Å². The van der Waals surface area contributed by atoms with Gasteiger partial charge in [-0.2, -0.15) is 0 Å². The normalized spacial score (nSPS) is 11.9. The van der Waals surface area contributed by atoms with Gasteiger partial charge in [-0.05, 0) is 181 Å². The smallest absolute Gasteiger partial charge is 0.143 e. The Morgan fingerprint density at radius 3 is 1.18 bits per heavy atom. The zero-order valence-electron chi connectivity index (χ0n) is 55.2. The number of hydrogen-bond acceptors (Lipinski definition) is 4. The van der Waals surface area contributed by atoms with Crippen LogP contribution in [0, 0.1) is 0 Å². The maximum Gasteiger partial charge on any atom is 0.143 e. The van der Waals surface area contributed by atoms with Crippen LogP contribution in [0.1, 0.15) is 0 Å². The van der Waals surface area contributed by atoms with E-state index in [2.05, 4.69) is 371 Å². The number of aromatic nitrogens is 2. The zero-order valence-corrected chi connectivity index (χ0v) is 55.2. The third-order valence-electron chi connectivity index (χ3n) is 21.0. The van der Waals surface area contributed by atoms with Gasteiger partial charge >= 0.3 is 0 Å². The molecule has 0 unspecified atom stereocenters. The molecular weight excluding hydrogens is 1240 g/mol. The summed E-state index contributed by atoms with van der Waals surface area (Å²) in [5.41, 5.74) is 17.4. The van der Waals surface area contributed by atoms with Crippen molar-refractivity contribution in [2.75, 3.05) is 9.80 Å². The largest absolute Gasteiger partial charge is 0.456 e. The van der Waals surface area contributed by atoms with Crippen molar-refractivity contribution in [3.8, 4) is 11.4 Å². The summed E-state index contributed by atoms with van der Waals surface area (Å²) in [4.78, 5) is 4.82. The van der Waals surface area contributed by atoms with Crippen LogP contribution in [0.3, 0.4) is 0 Å². The number of nitrogens with zero attached hydrogens (tertiary/aromatic N) is 4. The van der Waals surface area contributed by atoms with Crippen molar-refractivity contribution in [3.05, 3.63) is 364 Å². The number of hydrogen-bond donors (Lipinski definition) is 0. The summed E-state index contributed by atoms with van der Waals surface area (Å²) in [6.45, 7) is 0. The molecule has 0 amide bonds. The number of furan rings is 2. The van der Waals surface area contributed by atoms with E-state index < -0.39 is 0 Å². The van der Waals surface area contributed by atoms with Gasteiger partial charge in [0, 0.05) is 82.6 Å². The number of para-hydroxylation sites is 10. The molecule has 6 heteroatoms. The van der Waals surface area contributed by atoms with Crippen LogP contribution in [0.15, 0.2) is 373 Å². The summed E-state index contributed by atoms with van der Waals surface area (Å²) >= 11 is 0. The Hall–Kier alpha value is -13.7. The second kappa shape index (κ2) is 23.0. The number of benzene rings is 18. The maximum atomic E-state index is 6.52. The molecule has 0 fully saturated rings. The highest BCUT2D eigenvalue weighted by Crippen LogP contribution is 2.50. The molecule has 0 radical (unpaired) electrons. The Bertz CT molecular complexity index is 7130. The molecule has 22 aromatic rings. The number of fused-ring (bicyclic) bond motifs is 25. The van der Waals surface area contributed by atoms with Crippen LogP contribution in [-0.2, 0) is 0 Å². The van der Waals surface area contributed by atoms with Gasteiger partial charge < -0.3 is 27.8 Å². The molecule has 4 aromatic heterocycles. The van der Waals surface area contributed by atoms with Crippen molar-refractivity contribution in [1.29, 1.82) is 0 Å². The standard InChI is InChI=1S/2C48H30N2O/c1-3-12-33(13-4-1)49(43-20-11-18-40-37-16-7-9-19-42(37)50(48(40)43)34-14-5-2-6-15-34)35-25-27-36-32(30-35)23-22-31-24-26-39-38(46(31)36)28-29-45-47(39)41-17-8-10-21-44(41)51-45;1-3-14-32(15-4-1)49(43-24-13-22-38-36-18-9-11-23-42(36)50(47(38)43)33-16-5-2-6-17-33)34-27-29-35-31(30-34)26-28-41-45(35)37-19-7-8-20-39(37)48-46(41)40-21-10-12-25-44(40)51-48/h2*1-30H. The second-order valence-corrected chi connectivity index (χ2v) is 26.6. The van der Waals surface area contributed by atoms with Crippen LogP contribution in [-0.4, -0.2) is 9.13 Å². The fourth-order valence-electron chi connectivity index (χ4n) is 16.7. The van der Waals surface area contributed by atoms with Crippen molar-refractivity contribution in [2.45, 2.75) is 0 Å². The number of rotatable bonds is 8. The summed E-state index contributed by atoms with van der Waals surface area (Å²) in [7, 11) is 0. The molecular formula is C96H60N4O2. The van der Waals surface area contributed by atoms with E-state index in [1.807, 2.05) is 12.1 Å². The molecule has 22 rings (SSSR count). The molecule has 4 heterocycles. The van der Waals surface area contributed by atoms with E-state index >= 15 is 0 Å². The third kappa shape index (κ3) is 8.79. The van der Waals surface area contributed by atoms with Crippen molar-refractivity contribution < 1.29 is 8.83 Å². The van der Waals surface area contributed by atoms with E-state index in [-0.39, 0.29) is 0 Å². The highest BCUT2D eigenvalue weighted by atomic mass is 16.3. The lowest BCUT2D eigenvalue weighted by atomic mass is 9.92. The lowest BCUT2D eigenvalue weighted by Crippen LogP contribution is -2.11. The molecule has 0 atom stereocenters. The topological polar surface area (TPSA) is 42.6 Å². The first-order valence-electron chi connectivity index (χ1n) is 34.9. The van der Waals surface area contributed by atoms with Crippen molar-refractivity contribution >= 4 is 186 Å². The fourth-order valence-corrected chi connectivity index (χ4v) is 16.7. The molecule has 18 aromatic carbocycles. The van der Waals surface area contributed by atoms with Gasteiger partial charge in [0.2, 0.25) is 0 Å². The Morgan fingerprint density at radius 1 is 0.206 bits per heavy atom. The van der Waals surface area contributed by atoms with Crippen LogP contribution in [0.2, 0.25) is 0 Å². The summed E-state index contributed by atoms with van der Waals surface area (Å²) in [5.74, 6) is 0. The van der Waals surface area contributed by atoms with Gasteiger partial charge in [-0.1, -0.05) is 243 Å². The molecule has 0 bridgehead atoms. The van der Waals surface area contributed by atoms with Gasteiger partial charge in [0.05, 0.1) is 33.4 Å². The molecule has 0 saturated heterocycles. The highest BCUT2D eigenvalue weighted by molar-refractivity contribution is 6.35. The van der Waals surface area contributed by atoms with Crippen LogP contribution in [0.4, 0.5) is 34.1 Å². The van der Waals surface area contributed by atoms with Crippen molar-refractivity contribution in [3.63, 3.8) is 0 Å². The average Bonchev–Trinajstić information content (AvgIpc) is 1.37. The second-order valence-electron chi connectivity index (χ2n) is 26.6. The van der Waals surface area contributed by atoms with Gasteiger partial charge in [-0.25, -0.2) is 0 Å². The monoisotopic (exact) mass is 1300 g/mol. The first-order valence-corrected chi connectivity index (χ1v) is 34.9.